The first-order valence-corrected chi connectivity index (χ1v) is 14.0. The van der Waals surface area contributed by atoms with Crippen LogP contribution in [0.3, 0.4) is 0 Å². The summed E-state index contributed by atoms with van der Waals surface area (Å²) >= 11 is 2.20. The molecule has 0 aliphatic heterocycles. The number of carbonyl (C=O) groups excluding carboxylic acids is 1. The predicted molar refractivity (Wildman–Crippen MR) is 140 cm³/mol. The lowest BCUT2D eigenvalue weighted by Crippen LogP contribution is -2.49. The Bertz CT molecular complexity index is 1070. The molecule has 2 aromatic rings. The van der Waals surface area contributed by atoms with E-state index in [1.54, 1.807) is 13.8 Å². The van der Waals surface area contributed by atoms with Crippen LogP contribution < -0.4 is 15.4 Å². The minimum Gasteiger partial charge on any atom is -0.390 e. The van der Waals surface area contributed by atoms with Gasteiger partial charge in [0.25, 0.3) is 0 Å². The average molecular weight is 624 g/mol. The van der Waals surface area contributed by atoms with Crippen LogP contribution in [-0.2, 0) is 27.8 Å². The molecule has 0 aromatic heterocycles. The third-order valence-electron chi connectivity index (χ3n) is 4.99. The molecule has 0 saturated carbocycles. The van der Waals surface area contributed by atoms with Gasteiger partial charge in [0.1, 0.15) is 11.6 Å². The fourth-order valence-corrected chi connectivity index (χ4v) is 5.53. The van der Waals surface area contributed by atoms with Crippen LogP contribution in [0.1, 0.15) is 31.4 Å². The molecule has 0 fully saturated rings. The zero-order valence-electron chi connectivity index (χ0n) is 19.7. The molecule has 7 nitrogen and oxygen atoms in total. The maximum absolute atomic E-state index is 13.7. The Kier molecular flexibility index (Phi) is 12.0. The van der Waals surface area contributed by atoms with Crippen molar-refractivity contribution in [1.82, 2.24) is 15.4 Å². The lowest BCUT2D eigenvalue weighted by molar-refractivity contribution is -0.122. The van der Waals surface area contributed by atoms with Gasteiger partial charge in [-0.15, -0.1) is 0 Å². The largest absolute Gasteiger partial charge is 0.390 e. The summed E-state index contributed by atoms with van der Waals surface area (Å²) in [6.07, 6.45) is -1.22. The van der Waals surface area contributed by atoms with E-state index in [1.165, 1.54) is 0 Å². The molecular weight excluding hydrogens is 591 g/mol. The normalized spacial score (nSPS) is 13.6. The zero-order chi connectivity index (χ0) is 26.0. The van der Waals surface area contributed by atoms with E-state index in [0.717, 1.165) is 27.3 Å². The van der Waals surface area contributed by atoms with Crippen LogP contribution in [0.4, 0.5) is 8.78 Å². The number of hydrogen-bond donors (Lipinski definition) is 4. The van der Waals surface area contributed by atoms with Crippen LogP contribution in [0.25, 0.3) is 0 Å². The van der Waals surface area contributed by atoms with Crippen LogP contribution in [-0.4, -0.2) is 50.4 Å². The number of halogens is 3. The first-order chi connectivity index (χ1) is 16.4. The van der Waals surface area contributed by atoms with E-state index < -0.39 is 39.7 Å². The minimum absolute atomic E-state index is 0.00835. The fourth-order valence-electron chi connectivity index (χ4n) is 3.52. The van der Waals surface area contributed by atoms with Crippen molar-refractivity contribution in [3.05, 3.63) is 68.8 Å². The van der Waals surface area contributed by atoms with E-state index in [1.807, 2.05) is 24.3 Å². The average Bonchev–Trinajstić information content (AvgIpc) is 2.71. The molecule has 0 radical (unpaired) electrons. The summed E-state index contributed by atoms with van der Waals surface area (Å²) in [5.74, 6) is -2.10. The van der Waals surface area contributed by atoms with Crippen molar-refractivity contribution < 1.29 is 27.1 Å². The number of benzene rings is 2. The Morgan fingerprint density at radius 3 is 2.40 bits per heavy atom. The van der Waals surface area contributed by atoms with Crippen molar-refractivity contribution in [2.75, 3.05) is 18.8 Å². The van der Waals surface area contributed by atoms with E-state index in [9.17, 15) is 27.1 Å². The Morgan fingerprint density at radius 1 is 1.09 bits per heavy atom. The molecule has 0 aliphatic rings. The monoisotopic (exact) mass is 623 g/mol. The van der Waals surface area contributed by atoms with Crippen LogP contribution in [0.15, 0.2) is 42.5 Å². The lowest BCUT2D eigenvalue weighted by atomic mass is 10.0. The molecule has 11 heteroatoms. The maximum atomic E-state index is 13.7. The molecule has 0 aliphatic carbocycles. The Balaban J connectivity index is 1.99. The fraction of sp³-hybridized carbons (Fsp3) is 0.458. The second-order valence-electron chi connectivity index (χ2n) is 8.80. The van der Waals surface area contributed by atoms with Crippen LogP contribution in [0, 0.1) is 21.1 Å². The highest BCUT2D eigenvalue weighted by Gasteiger charge is 2.23. The van der Waals surface area contributed by atoms with Gasteiger partial charge in [-0.1, -0.05) is 26.0 Å². The smallest absolute Gasteiger partial charge is 0.221 e. The van der Waals surface area contributed by atoms with E-state index in [0.29, 0.717) is 6.54 Å². The molecule has 194 valence electrons. The van der Waals surface area contributed by atoms with Gasteiger partial charge in [0.2, 0.25) is 15.9 Å². The summed E-state index contributed by atoms with van der Waals surface area (Å²) in [4.78, 5) is 12.5. The number of sulfonamides is 1. The van der Waals surface area contributed by atoms with E-state index in [2.05, 4.69) is 37.9 Å². The summed E-state index contributed by atoms with van der Waals surface area (Å²) in [5, 5.41) is 16.6. The van der Waals surface area contributed by atoms with Crippen LogP contribution >= 0.6 is 22.6 Å². The summed E-state index contributed by atoms with van der Waals surface area (Å²) in [5.41, 5.74) is 1.30. The van der Waals surface area contributed by atoms with E-state index >= 15 is 0 Å². The van der Waals surface area contributed by atoms with Gasteiger partial charge >= 0.3 is 0 Å². The second-order valence-corrected chi connectivity index (χ2v) is 11.9. The molecule has 35 heavy (non-hydrogen) atoms. The Labute approximate surface area is 219 Å². The number of rotatable bonds is 14. The van der Waals surface area contributed by atoms with E-state index in [4.69, 9.17) is 0 Å². The molecule has 2 aromatic carbocycles. The minimum atomic E-state index is -3.49. The summed E-state index contributed by atoms with van der Waals surface area (Å²) in [7, 11) is -3.49. The zero-order valence-corrected chi connectivity index (χ0v) is 22.7. The van der Waals surface area contributed by atoms with Crippen molar-refractivity contribution in [1.29, 1.82) is 0 Å². The van der Waals surface area contributed by atoms with Crippen molar-refractivity contribution in [2.45, 2.75) is 45.4 Å². The highest BCUT2D eigenvalue weighted by atomic mass is 127. The molecule has 1 amide bonds. The third kappa shape index (κ3) is 11.7. The van der Waals surface area contributed by atoms with Gasteiger partial charge in [-0.25, -0.2) is 21.9 Å². The molecule has 2 rings (SSSR count). The molecule has 0 heterocycles. The summed E-state index contributed by atoms with van der Waals surface area (Å²) < 4.78 is 54.7. The Hall–Kier alpha value is -1.67. The molecule has 2 atom stereocenters. The number of amides is 1. The van der Waals surface area contributed by atoms with Gasteiger partial charge in [0.15, 0.2) is 0 Å². The van der Waals surface area contributed by atoms with Gasteiger partial charge in [-0.05, 0) is 70.3 Å². The highest BCUT2D eigenvalue weighted by Crippen LogP contribution is 2.13. The lowest BCUT2D eigenvalue weighted by Gasteiger charge is -2.25. The quantitative estimate of drug-likeness (QED) is 0.242. The number of carbonyl (C=O) groups is 1. The number of hydrogen-bond acceptors (Lipinski definition) is 5. The summed E-state index contributed by atoms with van der Waals surface area (Å²) in [6.45, 7) is 4.07. The predicted octanol–water partition coefficient (Wildman–Crippen LogP) is 2.71. The standard InChI is InChI=1S/C24H32F2IN3O4S/c1-16(2)15-35(33,34)29-7-6-24(32)30-22(11-18-8-19(25)12-20(26)9-18)23(31)14-28-13-17-4-3-5-21(27)10-17/h3-5,8-10,12,16,22-23,28-29,31H,6-7,11,13-15H2,1-2H3,(H,30,32)/t22-,23+/m0/s1. The third-order valence-corrected chi connectivity index (χ3v) is 7.41. The van der Waals surface area contributed by atoms with Crippen LogP contribution in [0.5, 0.6) is 0 Å². The molecule has 0 unspecified atom stereocenters. The van der Waals surface area contributed by atoms with Crippen molar-refractivity contribution >= 4 is 38.5 Å². The van der Waals surface area contributed by atoms with E-state index in [-0.39, 0.29) is 43.2 Å². The highest BCUT2D eigenvalue weighted by molar-refractivity contribution is 14.1. The SMILES string of the molecule is CC(C)CS(=O)(=O)NCCC(=O)N[C@@H](Cc1cc(F)cc(F)c1)[C@H](O)CNCc1cccc(I)c1. The maximum Gasteiger partial charge on any atom is 0.221 e. The van der Waals surface area contributed by atoms with Gasteiger partial charge in [0.05, 0.1) is 17.9 Å². The van der Waals surface area contributed by atoms with Crippen LogP contribution in [0.2, 0.25) is 0 Å². The molecule has 0 bridgehead atoms. The van der Waals surface area contributed by atoms with Gasteiger partial charge in [-0.2, -0.15) is 0 Å². The summed E-state index contributed by atoms with van der Waals surface area (Å²) in [6, 6.07) is 10.0. The number of nitrogens with one attached hydrogen (secondary N) is 3. The molecule has 4 N–H and O–H groups in total. The van der Waals surface area contributed by atoms with Gasteiger partial charge < -0.3 is 15.7 Å². The topological polar surface area (TPSA) is 108 Å². The Morgan fingerprint density at radius 2 is 1.77 bits per heavy atom. The van der Waals surface area contributed by atoms with Gasteiger partial charge in [-0.3, -0.25) is 4.79 Å². The van der Waals surface area contributed by atoms with Crippen molar-refractivity contribution in [3.8, 4) is 0 Å². The van der Waals surface area contributed by atoms with Gasteiger partial charge in [0, 0.05) is 35.7 Å². The second kappa shape index (κ2) is 14.2. The first kappa shape index (κ1) is 29.6. The van der Waals surface area contributed by atoms with Crippen molar-refractivity contribution in [2.24, 2.45) is 5.92 Å². The molecular formula is C24H32F2IN3O4S. The first-order valence-electron chi connectivity index (χ1n) is 11.3. The molecule has 0 spiro atoms. The van der Waals surface area contributed by atoms with Crippen molar-refractivity contribution in [3.63, 3.8) is 0 Å². The molecule has 0 saturated heterocycles. The number of aliphatic hydroxyl groups excluding tert-OH is 1. The number of aliphatic hydroxyl groups is 1.